The summed E-state index contributed by atoms with van der Waals surface area (Å²) >= 11 is 0. The molecular weight excluding hydrogens is 270 g/mol. The molecule has 1 aromatic rings. The van der Waals surface area contributed by atoms with Crippen LogP contribution in [0.2, 0.25) is 0 Å². The largest absolute Gasteiger partial charge is 0.311 e. The van der Waals surface area contributed by atoms with Crippen molar-refractivity contribution in [3.63, 3.8) is 0 Å². The number of hydrogen-bond donors (Lipinski definition) is 2. The molecule has 0 aliphatic heterocycles. The Hall–Kier alpha value is -1.52. The highest BCUT2D eigenvalue weighted by Crippen LogP contribution is 2.30. The Morgan fingerprint density at radius 1 is 1.14 bits per heavy atom. The van der Waals surface area contributed by atoms with Crippen LogP contribution in [0.25, 0.3) is 0 Å². The minimum Gasteiger partial charge on any atom is -0.311 e. The number of likely N-dealkylation sites (N-methyl/N-ethyl adjacent to an activating group) is 2. The van der Waals surface area contributed by atoms with E-state index in [-0.39, 0.29) is 29.6 Å². The van der Waals surface area contributed by atoms with Gasteiger partial charge < -0.3 is 10.6 Å². The molecule has 0 spiro atoms. The van der Waals surface area contributed by atoms with Crippen molar-refractivity contribution in [2.75, 3.05) is 14.1 Å². The predicted molar refractivity (Wildman–Crippen MR) is 82.1 cm³/mol. The van der Waals surface area contributed by atoms with Gasteiger partial charge in [0.15, 0.2) is 0 Å². The van der Waals surface area contributed by atoms with Crippen LogP contribution < -0.4 is 10.6 Å². The van der Waals surface area contributed by atoms with Crippen LogP contribution in [0.3, 0.4) is 0 Å². The first kappa shape index (κ1) is 15.9. The number of halogens is 2. The fraction of sp³-hybridized carbons (Fsp3) is 0.412. The van der Waals surface area contributed by atoms with Crippen molar-refractivity contribution in [1.29, 1.82) is 0 Å². The molecule has 0 aromatic heterocycles. The average molecular weight is 292 g/mol. The van der Waals surface area contributed by atoms with Gasteiger partial charge in [0.2, 0.25) is 0 Å². The Labute approximate surface area is 124 Å². The summed E-state index contributed by atoms with van der Waals surface area (Å²) in [6.45, 7) is 2.00. The van der Waals surface area contributed by atoms with Crippen LogP contribution in [0.5, 0.6) is 0 Å². The molecule has 2 nitrogen and oxygen atoms in total. The van der Waals surface area contributed by atoms with Gasteiger partial charge in [-0.2, -0.15) is 0 Å². The smallest absolute Gasteiger partial charge is 0.123 e. The van der Waals surface area contributed by atoms with Crippen LogP contribution in [-0.2, 0) is 0 Å². The van der Waals surface area contributed by atoms with Crippen molar-refractivity contribution < 1.29 is 8.78 Å². The van der Waals surface area contributed by atoms with Crippen LogP contribution >= 0.6 is 0 Å². The second kappa shape index (κ2) is 6.96. The van der Waals surface area contributed by atoms with E-state index in [9.17, 15) is 8.78 Å². The van der Waals surface area contributed by atoms with Gasteiger partial charge in [0.1, 0.15) is 11.6 Å². The third-order valence-electron chi connectivity index (χ3n) is 3.84. The van der Waals surface area contributed by atoms with E-state index >= 15 is 0 Å². The van der Waals surface area contributed by atoms with Crippen LogP contribution in [-0.4, -0.2) is 20.1 Å². The maximum Gasteiger partial charge on any atom is 0.123 e. The normalized spacial score (nSPS) is 21.5. The van der Waals surface area contributed by atoms with E-state index in [4.69, 9.17) is 0 Å². The molecule has 2 N–H and O–H groups in total. The van der Waals surface area contributed by atoms with Crippen LogP contribution in [0.1, 0.15) is 24.9 Å². The van der Waals surface area contributed by atoms with E-state index in [1.54, 1.807) is 12.1 Å². The first-order valence-electron chi connectivity index (χ1n) is 7.23. The molecule has 1 aliphatic rings. The van der Waals surface area contributed by atoms with Crippen molar-refractivity contribution >= 4 is 0 Å². The molecule has 0 amide bonds. The molecule has 114 valence electrons. The molecule has 21 heavy (non-hydrogen) atoms. The summed E-state index contributed by atoms with van der Waals surface area (Å²) in [6, 6.07) is 6.25. The first-order valence-corrected chi connectivity index (χ1v) is 7.23. The summed E-state index contributed by atoms with van der Waals surface area (Å²) in [5.41, 5.74) is 1.74. The van der Waals surface area contributed by atoms with Gasteiger partial charge in [0.05, 0.1) is 12.1 Å². The Morgan fingerprint density at radius 3 is 2.43 bits per heavy atom. The minimum absolute atomic E-state index is 0.102. The molecule has 3 atom stereocenters. The topological polar surface area (TPSA) is 24.1 Å². The summed E-state index contributed by atoms with van der Waals surface area (Å²) in [6.07, 6.45) is 4.11. The Bertz CT molecular complexity index is 551. The molecule has 4 heteroatoms. The number of rotatable bonds is 5. The summed E-state index contributed by atoms with van der Waals surface area (Å²) < 4.78 is 27.2. The van der Waals surface area contributed by atoms with Crippen LogP contribution in [0, 0.1) is 11.7 Å². The number of allylic oxidation sites excluding steroid dienone is 2. The van der Waals surface area contributed by atoms with Crippen LogP contribution in [0.15, 0.2) is 47.8 Å². The predicted octanol–water partition coefficient (Wildman–Crippen LogP) is 3.49. The highest BCUT2D eigenvalue weighted by Gasteiger charge is 2.26. The van der Waals surface area contributed by atoms with Gasteiger partial charge in [-0.05, 0) is 49.4 Å². The molecule has 0 saturated carbocycles. The Morgan fingerprint density at radius 2 is 1.86 bits per heavy atom. The van der Waals surface area contributed by atoms with Crippen molar-refractivity contribution in [2.24, 2.45) is 5.92 Å². The monoisotopic (exact) mass is 292 g/mol. The van der Waals surface area contributed by atoms with Gasteiger partial charge in [-0.15, -0.1) is 0 Å². The fourth-order valence-corrected chi connectivity index (χ4v) is 2.93. The van der Waals surface area contributed by atoms with Gasteiger partial charge in [-0.3, -0.25) is 0 Å². The Balaban J connectivity index is 2.34. The summed E-state index contributed by atoms with van der Waals surface area (Å²) in [5.74, 6) is -0.199. The van der Waals surface area contributed by atoms with Gasteiger partial charge >= 0.3 is 0 Å². The molecule has 0 fully saturated rings. The molecular formula is C17H22F2N2. The summed E-state index contributed by atoms with van der Waals surface area (Å²) in [7, 11) is 3.66. The van der Waals surface area contributed by atoms with Gasteiger partial charge in [0.25, 0.3) is 0 Å². The van der Waals surface area contributed by atoms with Crippen molar-refractivity contribution in [1.82, 2.24) is 10.6 Å². The van der Waals surface area contributed by atoms with Crippen molar-refractivity contribution in [3.8, 4) is 0 Å². The number of hydrogen-bond acceptors (Lipinski definition) is 2. The molecule has 1 aliphatic carbocycles. The summed E-state index contributed by atoms with van der Waals surface area (Å²) in [5, 5.41) is 6.42. The highest BCUT2D eigenvalue weighted by molar-refractivity contribution is 5.35. The van der Waals surface area contributed by atoms with Gasteiger partial charge in [-0.1, -0.05) is 25.1 Å². The van der Waals surface area contributed by atoms with Crippen molar-refractivity contribution in [3.05, 3.63) is 59.2 Å². The maximum absolute atomic E-state index is 13.7. The fourth-order valence-electron chi connectivity index (χ4n) is 2.93. The lowest BCUT2D eigenvalue weighted by Crippen LogP contribution is -2.40. The third-order valence-corrected chi connectivity index (χ3v) is 3.84. The lowest BCUT2D eigenvalue weighted by molar-refractivity contribution is 0.452. The minimum atomic E-state index is -0.268. The Kier molecular flexibility index (Phi) is 5.26. The third kappa shape index (κ3) is 3.77. The lowest BCUT2D eigenvalue weighted by atomic mass is 9.87. The second-order valence-electron chi connectivity index (χ2n) is 5.53. The van der Waals surface area contributed by atoms with E-state index < -0.39 is 0 Å². The van der Waals surface area contributed by atoms with Crippen LogP contribution in [0.4, 0.5) is 8.78 Å². The zero-order valence-corrected chi connectivity index (χ0v) is 12.7. The van der Waals surface area contributed by atoms with Crippen molar-refractivity contribution in [2.45, 2.75) is 25.4 Å². The van der Waals surface area contributed by atoms with E-state index in [2.05, 4.69) is 16.7 Å². The van der Waals surface area contributed by atoms with E-state index in [1.165, 1.54) is 12.1 Å². The molecule has 1 aromatic carbocycles. The average Bonchev–Trinajstić information content (AvgIpc) is 2.43. The van der Waals surface area contributed by atoms with E-state index in [0.29, 0.717) is 6.42 Å². The zero-order valence-electron chi connectivity index (χ0n) is 12.7. The van der Waals surface area contributed by atoms with Gasteiger partial charge in [-0.25, -0.2) is 8.78 Å². The molecule has 2 unspecified atom stereocenters. The molecule has 0 saturated heterocycles. The molecule has 0 bridgehead atoms. The molecule has 2 rings (SSSR count). The highest BCUT2D eigenvalue weighted by atomic mass is 19.1. The SMILES string of the molecule is CNC(C1=CC(C)CC(F)=C1)[C@H](NC)c1cccc(F)c1. The molecule has 0 radical (unpaired) electrons. The second-order valence-corrected chi connectivity index (χ2v) is 5.53. The standard InChI is InChI=1S/C17H22F2N2/c1-11-7-13(10-15(19)8-11)17(21-3)16(20-2)12-5-4-6-14(18)9-12/h4-7,9-11,16-17,20-21H,8H2,1-3H3/t11?,16-,17?/m1/s1. The lowest BCUT2D eigenvalue weighted by Gasteiger charge is -2.30. The maximum atomic E-state index is 13.7. The first-order chi connectivity index (χ1) is 10.0. The van der Waals surface area contributed by atoms with Gasteiger partial charge in [0, 0.05) is 6.42 Å². The quantitative estimate of drug-likeness (QED) is 0.868. The van der Waals surface area contributed by atoms with E-state index in [1.807, 2.05) is 27.1 Å². The molecule has 0 heterocycles. The zero-order chi connectivity index (χ0) is 15.4. The van der Waals surface area contributed by atoms with E-state index in [0.717, 1.165) is 11.1 Å². The summed E-state index contributed by atoms with van der Waals surface area (Å²) in [4.78, 5) is 0. The number of benzene rings is 1. The number of nitrogens with one attached hydrogen (secondary N) is 2.